The van der Waals surface area contributed by atoms with Crippen LogP contribution < -0.4 is 5.32 Å². The molecule has 24 heavy (non-hydrogen) atoms. The smallest absolute Gasteiger partial charge is 0.252 e. The Labute approximate surface area is 143 Å². The van der Waals surface area contributed by atoms with E-state index in [1.165, 1.54) is 11.0 Å². The van der Waals surface area contributed by atoms with Crippen molar-refractivity contribution in [2.45, 2.75) is 32.7 Å². The zero-order valence-corrected chi connectivity index (χ0v) is 14.5. The summed E-state index contributed by atoms with van der Waals surface area (Å²) in [5, 5.41) is 17.1. The van der Waals surface area contributed by atoms with E-state index in [1.54, 1.807) is 23.5 Å². The second-order valence-electron chi connectivity index (χ2n) is 5.74. The number of benzene rings is 1. The number of carbonyl (C=O) groups is 1. The fourth-order valence-corrected chi connectivity index (χ4v) is 3.28. The van der Waals surface area contributed by atoms with E-state index in [1.807, 2.05) is 38.3 Å². The zero-order valence-electron chi connectivity index (χ0n) is 13.7. The van der Waals surface area contributed by atoms with Gasteiger partial charge in [-0.25, -0.2) is 9.67 Å². The van der Waals surface area contributed by atoms with Crippen LogP contribution in [-0.2, 0) is 5.54 Å². The van der Waals surface area contributed by atoms with E-state index in [9.17, 15) is 4.79 Å². The van der Waals surface area contributed by atoms with Crippen LogP contribution >= 0.6 is 11.3 Å². The van der Waals surface area contributed by atoms with Crippen LogP contribution in [0.2, 0.25) is 0 Å². The van der Waals surface area contributed by atoms with Crippen molar-refractivity contribution < 1.29 is 4.79 Å². The molecule has 1 N–H and O–H groups in total. The predicted molar refractivity (Wildman–Crippen MR) is 91.1 cm³/mol. The molecule has 0 saturated carbocycles. The minimum Gasteiger partial charge on any atom is -0.340 e. The molecule has 0 spiro atoms. The summed E-state index contributed by atoms with van der Waals surface area (Å²) in [6, 6.07) is 7.18. The first kappa shape index (κ1) is 16.3. The number of nitrogens with one attached hydrogen (secondary N) is 1. The number of hydrogen-bond acceptors (Lipinski definition) is 6. The highest BCUT2D eigenvalue weighted by molar-refractivity contribution is 7.09. The maximum atomic E-state index is 12.7. The third-order valence-corrected chi connectivity index (χ3v) is 5.13. The Balaban J connectivity index is 1.85. The average Bonchev–Trinajstić information content (AvgIpc) is 3.26. The molecule has 0 aliphatic heterocycles. The Kier molecular flexibility index (Phi) is 4.39. The molecule has 1 atom stereocenters. The first-order valence-electron chi connectivity index (χ1n) is 7.60. The van der Waals surface area contributed by atoms with Gasteiger partial charge in [0, 0.05) is 16.6 Å². The maximum Gasteiger partial charge on any atom is 0.252 e. The lowest BCUT2D eigenvalue weighted by atomic mass is 9.99. The van der Waals surface area contributed by atoms with E-state index in [0.29, 0.717) is 5.56 Å². The van der Waals surface area contributed by atoms with Gasteiger partial charge in [0.05, 0.1) is 11.2 Å². The lowest BCUT2D eigenvalue weighted by Crippen LogP contribution is -2.43. The van der Waals surface area contributed by atoms with E-state index in [4.69, 9.17) is 0 Å². The summed E-state index contributed by atoms with van der Waals surface area (Å²) >= 11 is 1.56. The summed E-state index contributed by atoms with van der Waals surface area (Å²) in [4.78, 5) is 17.3. The molecule has 0 saturated heterocycles. The quantitative estimate of drug-likeness (QED) is 0.770. The fraction of sp³-hybridized carbons (Fsp3) is 0.312. The average molecular weight is 342 g/mol. The van der Waals surface area contributed by atoms with Crippen molar-refractivity contribution in [1.82, 2.24) is 30.5 Å². The van der Waals surface area contributed by atoms with Crippen molar-refractivity contribution >= 4 is 17.2 Å². The van der Waals surface area contributed by atoms with Crippen molar-refractivity contribution in [3.8, 4) is 5.69 Å². The van der Waals surface area contributed by atoms with Crippen LogP contribution in [0.1, 0.15) is 41.3 Å². The highest BCUT2D eigenvalue weighted by Gasteiger charge is 2.30. The van der Waals surface area contributed by atoms with Gasteiger partial charge in [0.15, 0.2) is 0 Å². The number of tetrazole rings is 1. The summed E-state index contributed by atoms with van der Waals surface area (Å²) in [6.07, 6.45) is 2.24. The van der Waals surface area contributed by atoms with Crippen molar-refractivity contribution in [2.75, 3.05) is 0 Å². The summed E-state index contributed by atoms with van der Waals surface area (Å²) in [5.74, 6) is -0.151. The van der Waals surface area contributed by atoms with Gasteiger partial charge in [-0.3, -0.25) is 4.79 Å². The molecule has 3 aromatic rings. The van der Waals surface area contributed by atoms with Gasteiger partial charge in [0.2, 0.25) is 0 Å². The fourth-order valence-electron chi connectivity index (χ4n) is 2.29. The van der Waals surface area contributed by atoms with Crippen molar-refractivity contribution in [3.05, 3.63) is 52.2 Å². The number of rotatable bonds is 5. The molecule has 7 nitrogen and oxygen atoms in total. The lowest BCUT2D eigenvalue weighted by molar-refractivity contribution is 0.0902. The first-order valence-corrected chi connectivity index (χ1v) is 8.48. The Bertz CT molecular complexity index is 844. The van der Waals surface area contributed by atoms with Crippen LogP contribution in [0.4, 0.5) is 0 Å². The SMILES string of the molecule is CC[C@@](C)(NC(=O)c1cccc(-n2cnnn2)c1)c1nc(C)cs1. The molecule has 1 amide bonds. The maximum absolute atomic E-state index is 12.7. The number of nitrogens with zero attached hydrogens (tertiary/aromatic N) is 5. The molecular formula is C16H18N6OS. The normalized spacial score (nSPS) is 13.5. The molecule has 0 aliphatic carbocycles. The van der Waals surface area contributed by atoms with Gasteiger partial charge in [-0.2, -0.15) is 0 Å². The molecular weight excluding hydrogens is 324 g/mol. The van der Waals surface area contributed by atoms with Gasteiger partial charge in [-0.15, -0.1) is 16.4 Å². The van der Waals surface area contributed by atoms with E-state index in [2.05, 4.69) is 25.8 Å². The van der Waals surface area contributed by atoms with Gasteiger partial charge in [0.1, 0.15) is 11.3 Å². The standard InChI is InChI=1S/C16H18N6OS/c1-4-16(3,15-18-11(2)9-24-15)19-14(23)12-6-5-7-13(8-12)22-10-17-20-21-22/h5-10H,4H2,1-3H3,(H,19,23)/t16-/m1/s1. The molecule has 2 aromatic heterocycles. The molecule has 124 valence electrons. The van der Waals surface area contributed by atoms with Gasteiger partial charge in [-0.05, 0) is 48.9 Å². The summed E-state index contributed by atoms with van der Waals surface area (Å²) in [6.45, 7) is 5.98. The molecule has 0 aliphatic rings. The topological polar surface area (TPSA) is 85.6 Å². The summed E-state index contributed by atoms with van der Waals surface area (Å²) < 4.78 is 1.51. The molecule has 0 radical (unpaired) electrons. The number of aromatic nitrogens is 5. The van der Waals surface area contributed by atoms with E-state index in [0.717, 1.165) is 22.8 Å². The minimum atomic E-state index is -0.499. The van der Waals surface area contributed by atoms with Gasteiger partial charge < -0.3 is 5.32 Å². The molecule has 0 fully saturated rings. The second kappa shape index (κ2) is 6.48. The Morgan fingerprint density at radius 2 is 2.25 bits per heavy atom. The number of carbonyl (C=O) groups excluding carboxylic acids is 1. The first-order chi connectivity index (χ1) is 11.5. The van der Waals surface area contributed by atoms with Crippen molar-refractivity contribution in [3.63, 3.8) is 0 Å². The number of thiazole rings is 1. The van der Waals surface area contributed by atoms with Crippen LogP contribution in [-0.4, -0.2) is 31.1 Å². The zero-order chi connectivity index (χ0) is 17.2. The number of hydrogen-bond donors (Lipinski definition) is 1. The summed E-state index contributed by atoms with van der Waals surface area (Å²) in [7, 11) is 0. The highest BCUT2D eigenvalue weighted by Crippen LogP contribution is 2.28. The van der Waals surface area contributed by atoms with Crippen LogP contribution in [0.3, 0.4) is 0 Å². The number of aryl methyl sites for hydroxylation is 1. The van der Waals surface area contributed by atoms with Gasteiger partial charge >= 0.3 is 0 Å². The predicted octanol–water partition coefficient (Wildman–Crippen LogP) is 2.48. The van der Waals surface area contributed by atoms with E-state index in [-0.39, 0.29) is 5.91 Å². The molecule has 0 unspecified atom stereocenters. The Morgan fingerprint density at radius 1 is 1.42 bits per heavy atom. The largest absolute Gasteiger partial charge is 0.340 e. The van der Waals surface area contributed by atoms with Crippen LogP contribution in [0.15, 0.2) is 36.0 Å². The van der Waals surface area contributed by atoms with Crippen LogP contribution in [0.25, 0.3) is 5.69 Å². The number of amides is 1. The van der Waals surface area contributed by atoms with Gasteiger partial charge in [0.25, 0.3) is 5.91 Å². The molecule has 0 bridgehead atoms. The molecule has 1 aromatic carbocycles. The highest BCUT2D eigenvalue weighted by atomic mass is 32.1. The Morgan fingerprint density at radius 3 is 2.88 bits per heavy atom. The van der Waals surface area contributed by atoms with Crippen molar-refractivity contribution in [1.29, 1.82) is 0 Å². The van der Waals surface area contributed by atoms with E-state index >= 15 is 0 Å². The van der Waals surface area contributed by atoms with Crippen LogP contribution in [0, 0.1) is 6.92 Å². The monoisotopic (exact) mass is 342 g/mol. The van der Waals surface area contributed by atoms with E-state index < -0.39 is 5.54 Å². The second-order valence-corrected chi connectivity index (χ2v) is 6.60. The molecule has 8 heteroatoms. The molecule has 3 rings (SSSR count). The third kappa shape index (κ3) is 3.18. The Hall–Kier alpha value is -2.61. The van der Waals surface area contributed by atoms with Crippen LogP contribution in [0.5, 0.6) is 0 Å². The van der Waals surface area contributed by atoms with Crippen molar-refractivity contribution in [2.24, 2.45) is 0 Å². The molecule has 2 heterocycles. The van der Waals surface area contributed by atoms with Gasteiger partial charge in [-0.1, -0.05) is 13.0 Å². The third-order valence-electron chi connectivity index (χ3n) is 3.91. The lowest BCUT2D eigenvalue weighted by Gasteiger charge is -2.27. The summed E-state index contributed by atoms with van der Waals surface area (Å²) in [5.41, 5.74) is 1.75. The minimum absolute atomic E-state index is 0.151.